The second kappa shape index (κ2) is 7.19. The lowest BCUT2D eigenvalue weighted by Gasteiger charge is -2.16. The molecule has 23 heavy (non-hydrogen) atoms. The molecular formula is C16H13ClF2N2O2. The van der Waals surface area contributed by atoms with E-state index < -0.39 is 35.1 Å². The van der Waals surface area contributed by atoms with Crippen LogP contribution in [0.25, 0.3) is 0 Å². The summed E-state index contributed by atoms with van der Waals surface area (Å²) >= 11 is 5.77. The van der Waals surface area contributed by atoms with E-state index in [-0.39, 0.29) is 6.42 Å². The van der Waals surface area contributed by atoms with Gasteiger partial charge in [-0.05, 0) is 29.8 Å². The van der Waals surface area contributed by atoms with Crippen LogP contribution >= 0.6 is 11.6 Å². The molecule has 120 valence electrons. The van der Waals surface area contributed by atoms with E-state index in [1.54, 1.807) is 24.3 Å². The minimum atomic E-state index is -1.28. The summed E-state index contributed by atoms with van der Waals surface area (Å²) in [7, 11) is 0. The molecule has 4 nitrogen and oxygen atoms in total. The second-order valence-electron chi connectivity index (χ2n) is 4.86. The van der Waals surface area contributed by atoms with Crippen LogP contribution in [0.2, 0.25) is 5.02 Å². The SMILES string of the molecule is NC(=O)C(Cc1ccc(Cl)cc1)NC(=O)c1cccc(F)c1F. The molecule has 0 aliphatic rings. The number of carbonyl (C=O) groups excluding carboxylic acids is 2. The molecule has 7 heteroatoms. The number of rotatable bonds is 5. The Morgan fingerprint density at radius 1 is 1.13 bits per heavy atom. The van der Waals surface area contributed by atoms with Gasteiger partial charge in [-0.2, -0.15) is 0 Å². The quantitative estimate of drug-likeness (QED) is 0.879. The van der Waals surface area contributed by atoms with Gasteiger partial charge in [-0.1, -0.05) is 29.8 Å². The first-order valence-corrected chi connectivity index (χ1v) is 7.05. The van der Waals surface area contributed by atoms with E-state index in [2.05, 4.69) is 5.32 Å². The summed E-state index contributed by atoms with van der Waals surface area (Å²) < 4.78 is 26.8. The maximum absolute atomic E-state index is 13.6. The van der Waals surface area contributed by atoms with Crippen molar-refractivity contribution in [3.63, 3.8) is 0 Å². The van der Waals surface area contributed by atoms with Crippen LogP contribution in [0.1, 0.15) is 15.9 Å². The zero-order valence-corrected chi connectivity index (χ0v) is 12.6. The highest BCUT2D eigenvalue weighted by Crippen LogP contribution is 2.13. The maximum atomic E-state index is 13.6. The summed E-state index contributed by atoms with van der Waals surface area (Å²) in [4.78, 5) is 23.5. The van der Waals surface area contributed by atoms with Gasteiger partial charge in [0.1, 0.15) is 6.04 Å². The van der Waals surface area contributed by atoms with Gasteiger partial charge in [0.25, 0.3) is 5.91 Å². The van der Waals surface area contributed by atoms with Crippen LogP contribution in [0.4, 0.5) is 8.78 Å². The third kappa shape index (κ3) is 4.26. The fraction of sp³-hybridized carbons (Fsp3) is 0.125. The van der Waals surface area contributed by atoms with E-state index in [1.165, 1.54) is 6.07 Å². The first-order valence-electron chi connectivity index (χ1n) is 6.67. The average molecular weight is 339 g/mol. The Morgan fingerprint density at radius 2 is 1.78 bits per heavy atom. The van der Waals surface area contributed by atoms with Crippen molar-refractivity contribution in [3.8, 4) is 0 Å². The van der Waals surface area contributed by atoms with E-state index in [0.29, 0.717) is 10.6 Å². The Hall–Kier alpha value is -2.47. The first kappa shape index (κ1) is 16.9. The standard InChI is InChI=1S/C16H13ClF2N2O2/c17-10-6-4-9(5-7-10)8-13(15(20)22)21-16(23)11-2-1-3-12(18)14(11)19/h1-7,13H,8H2,(H2,20,22)(H,21,23). The number of hydrogen-bond donors (Lipinski definition) is 2. The lowest BCUT2D eigenvalue weighted by molar-refractivity contribution is -0.119. The number of nitrogens with two attached hydrogens (primary N) is 1. The van der Waals surface area contributed by atoms with Crippen molar-refractivity contribution in [2.45, 2.75) is 12.5 Å². The number of amides is 2. The second-order valence-corrected chi connectivity index (χ2v) is 5.30. The average Bonchev–Trinajstić information content (AvgIpc) is 2.51. The molecule has 0 aliphatic carbocycles. The topological polar surface area (TPSA) is 72.2 Å². The van der Waals surface area contributed by atoms with Gasteiger partial charge in [0.05, 0.1) is 5.56 Å². The van der Waals surface area contributed by atoms with Crippen LogP contribution in [0.15, 0.2) is 42.5 Å². The van der Waals surface area contributed by atoms with Crippen molar-refractivity contribution >= 4 is 23.4 Å². The van der Waals surface area contributed by atoms with Gasteiger partial charge in [0.15, 0.2) is 11.6 Å². The van der Waals surface area contributed by atoms with E-state index in [4.69, 9.17) is 17.3 Å². The molecule has 0 bridgehead atoms. The zero-order valence-electron chi connectivity index (χ0n) is 11.9. The minimum Gasteiger partial charge on any atom is -0.368 e. The molecule has 0 aliphatic heterocycles. The number of halogens is 3. The molecule has 1 unspecified atom stereocenters. The fourth-order valence-corrected chi connectivity index (χ4v) is 2.12. The van der Waals surface area contributed by atoms with Crippen LogP contribution in [-0.2, 0) is 11.2 Å². The first-order chi connectivity index (χ1) is 10.9. The molecule has 3 N–H and O–H groups in total. The monoisotopic (exact) mass is 338 g/mol. The molecule has 2 aromatic carbocycles. The highest BCUT2D eigenvalue weighted by Gasteiger charge is 2.22. The third-order valence-corrected chi connectivity index (χ3v) is 3.45. The lowest BCUT2D eigenvalue weighted by atomic mass is 10.0. The molecule has 0 saturated heterocycles. The Bertz CT molecular complexity index is 735. The van der Waals surface area contributed by atoms with Crippen molar-refractivity contribution in [1.82, 2.24) is 5.32 Å². The summed E-state index contributed by atoms with van der Waals surface area (Å²) in [6.07, 6.45) is 0.106. The van der Waals surface area contributed by atoms with Gasteiger partial charge >= 0.3 is 0 Å². The molecule has 0 aromatic heterocycles. The Morgan fingerprint density at radius 3 is 2.39 bits per heavy atom. The highest BCUT2D eigenvalue weighted by atomic mass is 35.5. The summed E-state index contributed by atoms with van der Waals surface area (Å²) in [5.41, 5.74) is 5.47. The smallest absolute Gasteiger partial charge is 0.255 e. The number of nitrogens with one attached hydrogen (secondary N) is 1. The number of primary amides is 1. The lowest BCUT2D eigenvalue weighted by Crippen LogP contribution is -2.46. The van der Waals surface area contributed by atoms with Crippen LogP contribution in [0, 0.1) is 11.6 Å². The van der Waals surface area contributed by atoms with Crippen LogP contribution < -0.4 is 11.1 Å². The number of carbonyl (C=O) groups is 2. The van der Waals surface area contributed by atoms with Crippen molar-refractivity contribution < 1.29 is 18.4 Å². The molecule has 0 saturated carbocycles. The summed E-state index contributed by atoms with van der Waals surface area (Å²) in [6, 6.07) is 8.75. The van der Waals surface area contributed by atoms with Crippen molar-refractivity contribution in [1.29, 1.82) is 0 Å². The molecule has 2 amide bonds. The van der Waals surface area contributed by atoms with E-state index in [9.17, 15) is 18.4 Å². The van der Waals surface area contributed by atoms with Gasteiger partial charge < -0.3 is 11.1 Å². The van der Waals surface area contributed by atoms with Crippen molar-refractivity contribution in [2.24, 2.45) is 5.73 Å². The van der Waals surface area contributed by atoms with E-state index in [0.717, 1.165) is 12.1 Å². The summed E-state index contributed by atoms with van der Waals surface area (Å²) in [5.74, 6) is -4.13. The highest BCUT2D eigenvalue weighted by molar-refractivity contribution is 6.30. The van der Waals surface area contributed by atoms with Crippen molar-refractivity contribution in [2.75, 3.05) is 0 Å². The Labute approximate surface area is 136 Å². The maximum Gasteiger partial charge on any atom is 0.255 e. The van der Waals surface area contributed by atoms with Crippen molar-refractivity contribution in [3.05, 3.63) is 70.2 Å². The van der Waals surface area contributed by atoms with Gasteiger partial charge in [-0.25, -0.2) is 8.78 Å². The number of benzene rings is 2. The molecule has 1 atom stereocenters. The predicted octanol–water partition coefficient (Wildman–Crippen LogP) is 2.44. The Kier molecular flexibility index (Phi) is 5.28. The molecule has 0 heterocycles. The molecule has 0 fully saturated rings. The molecule has 2 rings (SSSR count). The molecular weight excluding hydrogens is 326 g/mol. The molecule has 0 radical (unpaired) electrons. The minimum absolute atomic E-state index is 0.106. The van der Waals surface area contributed by atoms with Gasteiger partial charge in [-0.3, -0.25) is 9.59 Å². The fourth-order valence-electron chi connectivity index (χ4n) is 1.99. The van der Waals surface area contributed by atoms with Crippen LogP contribution in [0.3, 0.4) is 0 Å². The molecule has 2 aromatic rings. The van der Waals surface area contributed by atoms with Gasteiger partial charge in [0.2, 0.25) is 5.91 Å². The normalized spacial score (nSPS) is 11.8. The summed E-state index contributed by atoms with van der Waals surface area (Å²) in [6.45, 7) is 0. The number of hydrogen-bond acceptors (Lipinski definition) is 2. The zero-order chi connectivity index (χ0) is 17.0. The van der Waals surface area contributed by atoms with Gasteiger partial charge in [0, 0.05) is 11.4 Å². The van der Waals surface area contributed by atoms with Crippen LogP contribution in [0.5, 0.6) is 0 Å². The largest absolute Gasteiger partial charge is 0.368 e. The predicted molar refractivity (Wildman–Crippen MR) is 82.0 cm³/mol. The Balaban J connectivity index is 2.16. The van der Waals surface area contributed by atoms with Crippen LogP contribution in [-0.4, -0.2) is 17.9 Å². The molecule has 0 spiro atoms. The summed E-state index contributed by atoms with van der Waals surface area (Å²) in [5, 5.41) is 2.83. The van der Waals surface area contributed by atoms with E-state index in [1.807, 2.05) is 0 Å². The van der Waals surface area contributed by atoms with E-state index >= 15 is 0 Å². The van der Waals surface area contributed by atoms with Gasteiger partial charge in [-0.15, -0.1) is 0 Å². The third-order valence-electron chi connectivity index (χ3n) is 3.20.